The topological polar surface area (TPSA) is 34.1 Å². The van der Waals surface area contributed by atoms with Crippen molar-refractivity contribution in [2.24, 2.45) is 10.8 Å². The van der Waals surface area contributed by atoms with E-state index in [1.165, 1.54) is 0 Å². The van der Waals surface area contributed by atoms with Gasteiger partial charge in [0.05, 0.1) is 11.5 Å². The molecule has 0 unspecified atom stereocenters. The lowest BCUT2D eigenvalue weighted by atomic mass is 9.90. The first-order valence-electron chi connectivity index (χ1n) is 6.12. The van der Waals surface area contributed by atoms with E-state index in [-0.39, 0.29) is 5.41 Å². The summed E-state index contributed by atoms with van der Waals surface area (Å²) in [5, 5.41) is 0. The minimum absolute atomic E-state index is 0.122. The van der Waals surface area contributed by atoms with Crippen molar-refractivity contribution in [2.45, 2.75) is 60.8 Å². The van der Waals surface area contributed by atoms with Gasteiger partial charge in [0.25, 0.3) is 0 Å². The van der Waals surface area contributed by atoms with Crippen molar-refractivity contribution in [1.82, 2.24) is 0 Å². The summed E-state index contributed by atoms with van der Waals surface area (Å²) in [6.45, 7) is 12.5. The molecule has 0 bridgehead atoms. The lowest BCUT2D eigenvalue weighted by molar-refractivity contribution is 0.363. The van der Waals surface area contributed by atoms with Gasteiger partial charge in [-0.05, 0) is 23.7 Å². The summed E-state index contributed by atoms with van der Waals surface area (Å²) in [6.07, 6.45) is 2.90. The van der Waals surface area contributed by atoms with Crippen LogP contribution in [0.25, 0.3) is 0 Å². The normalized spacial score (nSPS) is 14.1. The van der Waals surface area contributed by atoms with Crippen LogP contribution in [0.2, 0.25) is 0 Å². The molecule has 0 aliphatic rings. The van der Waals surface area contributed by atoms with Crippen molar-refractivity contribution in [3.05, 3.63) is 0 Å². The maximum atomic E-state index is 11.8. The molecule has 0 fully saturated rings. The minimum atomic E-state index is -2.86. The molecule has 0 rings (SSSR count). The molecule has 98 valence electrons. The third kappa shape index (κ3) is 10.5. The van der Waals surface area contributed by atoms with Crippen LogP contribution in [0, 0.1) is 10.8 Å². The molecule has 0 radical (unpaired) electrons. The maximum absolute atomic E-state index is 11.8. The van der Waals surface area contributed by atoms with Crippen LogP contribution >= 0.6 is 0 Å². The second-order valence-corrected chi connectivity index (χ2v) is 9.35. The van der Waals surface area contributed by atoms with Crippen LogP contribution < -0.4 is 0 Å². The first kappa shape index (κ1) is 16.0. The summed E-state index contributed by atoms with van der Waals surface area (Å²) in [5.74, 6) is 0.649. The number of hydrogen-bond donors (Lipinski definition) is 0. The predicted octanol–water partition coefficient (Wildman–Crippen LogP) is 3.66. The Morgan fingerprint density at radius 2 is 1.31 bits per heavy atom. The van der Waals surface area contributed by atoms with Crippen LogP contribution in [-0.4, -0.2) is 19.9 Å². The standard InChI is InChI=1S/C13H28O2S/c1-12(2,3)9-7-8-10-16(14,15)11-13(4,5)6/h7-11H2,1-6H3. The predicted molar refractivity (Wildman–Crippen MR) is 71.4 cm³/mol. The van der Waals surface area contributed by atoms with Crippen molar-refractivity contribution < 1.29 is 8.42 Å². The van der Waals surface area contributed by atoms with Gasteiger partial charge < -0.3 is 0 Å². The van der Waals surface area contributed by atoms with Crippen molar-refractivity contribution in [1.29, 1.82) is 0 Å². The van der Waals surface area contributed by atoms with Gasteiger partial charge in [-0.25, -0.2) is 8.42 Å². The fraction of sp³-hybridized carbons (Fsp3) is 1.00. The second-order valence-electron chi connectivity index (χ2n) is 7.17. The molecule has 0 amide bonds. The highest BCUT2D eigenvalue weighted by molar-refractivity contribution is 7.91. The molecule has 0 atom stereocenters. The molecular formula is C13H28O2S. The van der Waals surface area contributed by atoms with E-state index >= 15 is 0 Å². The zero-order chi connectivity index (χ0) is 13.0. The lowest BCUT2D eigenvalue weighted by Gasteiger charge is -2.19. The Balaban J connectivity index is 3.94. The minimum Gasteiger partial charge on any atom is -0.229 e. The number of rotatable bonds is 5. The molecule has 0 N–H and O–H groups in total. The zero-order valence-corrected chi connectivity index (χ0v) is 12.6. The van der Waals surface area contributed by atoms with Crippen molar-refractivity contribution >= 4 is 9.84 Å². The van der Waals surface area contributed by atoms with E-state index in [4.69, 9.17) is 0 Å². The fourth-order valence-electron chi connectivity index (χ4n) is 1.71. The van der Waals surface area contributed by atoms with E-state index in [2.05, 4.69) is 20.8 Å². The van der Waals surface area contributed by atoms with Crippen LogP contribution in [0.3, 0.4) is 0 Å². The van der Waals surface area contributed by atoms with Crippen molar-refractivity contribution in [3.63, 3.8) is 0 Å². The molecule has 0 saturated carbocycles. The molecule has 0 aromatic rings. The highest BCUT2D eigenvalue weighted by atomic mass is 32.2. The first-order chi connectivity index (χ1) is 6.91. The smallest absolute Gasteiger partial charge is 0.150 e. The summed E-state index contributed by atoms with van der Waals surface area (Å²) in [4.78, 5) is 0. The molecule has 0 saturated heterocycles. The number of unbranched alkanes of at least 4 members (excludes halogenated alkanes) is 1. The van der Waals surface area contributed by atoms with Gasteiger partial charge in [0.15, 0.2) is 9.84 Å². The summed E-state index contributed by atoms with van der Waals surface area (Å²) in [6, 6.07) is 0. The van der Waals surface area contributed by atoms with E-state index in [9.17, 15) is 8.42 Å². The van der Waals surface area contributed by atoms with Gasteiger partial charge in [-0.3, -0.25) is 0 Å². The second kappa shape index (κ2) is 5.52. The van der Waals surface area contributed by atoms with E-state index in [1.54, 1.807) is 0 Å². The molecular weight excluding hydrogens is 220 g/mol. The van der Waals surface area contributed by atoms with Gasteiger partial charge >= 0.3 is 0 Å². The third-order valence-electron chi connectivity index (χ3n) is 2.29. The Morgan fingerprint density at radius 1 is 0.812 bits per heavy atom. The third-order valence-corrected chi connectivity index (χ3v) is 4.50. The average molecular weight is 248 g/mol. The van der Waals surface area contributed by atoms with Gasteiger partial charge in [-0.2, -0.15) is 0 Å². The van der Waals surface area contributed by atoms with Crippen LogP contribution in [-0.2, 0) is 9.84 Å². The zero-order valence-electron chi connectivity index (χ0n) is 11.8. The van der Waals surface area contributed by atoms with Crippen molar-refractivity contribution in [2.75, 3.05) is 11.5 Å². The van der Waals surface area contributed by atoms with E-state index < -0.39 is 9.84 Å². The molecule has 0 aromatic heterocycles. The van der Waals surface area contributed by atoms with Gasteiger partial charge in [0.2, 0.25) is 0 Å². The molecule has 2 nitrogen and oxygen atoms in total. The molecule has 0 spiro atoms. The van der Waals surface area contributed by atoms with Gasteiger partial charge in [-0.1, -0.05) is 48.0 Å². The van der Waals surface area contributed by atoms with E-state index in [0.717, 1.165) is 19.3 Å². The number of sulfone groups is 1. The highest BCUT2D eigenvalue weighted by Crippen LogP contribution is 2.22. The molecule has 0 aromatic carbocycles. The molecule has 0 aliphatic heterocycles. The molecule has 16 heavy (non-hydrogen) atoms. The Kier molecular flexibility index (Phi) is 5.51. The monoisotopic (exact) mass is 248 g/mol. The Hall–Kier alpha value is -0.0500. The average Bonchev–Trinajstić information content (AvgIpc) is 1.91. The van der Waals surface area contributed by atoms with Gasteiger partial charge in [0, 0.05) is 0 Å². The van der Waals surface area contributed by atoms with Crippen LogP contribution in [0.4, 0.5) is 0 Å². The lowest BCUT2D eigenvalue weighted by Crippen LogP contribution is -2.23. The number of hydrogen-bond acceptors (Lipinski definition) is 2. The maximum Gasteiger partial charge on any atom is 0.150 e. The summed E-state index contributed by atoms with van der Waals surface area (Å²) in [7, 11) is -2.86. The van der Waals surface area contributed by atoms with Crippen molar-refractivity contribution in [3.8, 4) is 0 Å². The Bertz CT molecular complexity index is 289. The quantitative estimate of drug-likeness (QED) is 0.696. The van der Waals surface area contributed by atoms with Crippen LogP contribution in [0.15, 0.2) is 0 Å². The summed E-state index contributed by atoms with van der Waals surface area (Å²) >= 11 is 0. The van der Waals surface area contributed by atoms with Gasteiger partial charge in [0.1, 0.15) is 0 Å². The summed E-state index contributed by atoms with van der Waals surface area (Å²) in [5.41, 5.74) is 0.191. The Morgan fingerprint density at radius 3 is 1.69 bits per heavy atom. The summed E-state index contributed by atoms with van der Waals surface area (Å²) < 4.78 is 23.5. The first-order valence-corrected chi connectivity index (χ1v) is 7.94. The van der Waals surface area contributed by atoms with Crippen LogP contribution in [0.1, 0.15) is 60.8 Å². The SMILES string of the molecule is CC(C)(C)CCCCS(=O)(=O)CC(C)(C)C. The Labute approximate surface area is 102 Å². The highest BCUT2D eigenvalue weighted by Gasteiger charge is 2.21. The van der Waals surface area contributed by atoms with E-state index in [0.29, 0.717) is 16.9 Å². The largest absolute Gasteiger partial charge is 0.229 e. The molecule has 3 heteroatoms. The van der Waals surface area contributed by atoms with Gasteiger partial charge in [-0.15, -0.1) is 0 Å². The van der Waals surface area contributed by atoms with Crippen LogP contribution in [0.5, 0.6) is 0 Å². The van der Waals surface area contributed by atoms with E-state index in [1.807, 2.05) is 20.8 Å². The molecule has 0 aliphatic carbocycles. The fourth-order valence-corrected chi connectivity index (χ4v) is 3.82. The molecule has 0 heterocycles.